The highest BCUT2D eigenvalue weighted by Crippen LogP contribution is 2.45. The Hall–Kier alpha value is -6.87. The van der Waals surface area contributed by atoms with Gasteiger partial charge in [-0.3, -0.25) is 19.8 Å². The molecule has 0 spiro atoms. The molecule has 3 amide bonds. The number of nitrogens with one attached hydrogen (secondary N) is 2. The first-order valence-corrected chi connectivity index (χ1v) is 25.2. The highest BCUT2D eigenvalue weighted by atomic mass is 35.5. The van der Waals surface area contributed by atoms with E-state index >= 15 is 0 Å². The van der Waals surface area contributed by atoms with Crippen molar-refractivity contribution in [3.63, 3.8) is 0 Å². The van der Waals surface area contributed by atoms with Gasteiger partial charge < -0.3 is 39.3 Å². The number of anilines is 1. The largest absolute Gasteiger partial charge is 0.503 e. The number of allylic oxidation sites excluding steroid dienone is 1. The Morgan fingerprint density at radius 2 is 1.53 bits per heavy atom. The standard InChI is InChI=1S/C51H52Cl2N6O12S2/c1-49(2,3)69-46(65)51(7,8)71-57-37(34-26-73-47(54-34)56-48(66)70-50(4,5)6)42(62)55-38-43(63)59-39(45(64)68-24-29-15-18-31(67-9)19-16-29)30(25-72-44(38)59)17-14-27-10-12-28(13-11-27)22-58-21-20-32-33(23-58)36(53)41(61)40(60)35(32)52/h10-21,23,26,38,44H,22,24-25H2,1-9H3,(H3,54,55,56,61,62,66)/p+1/b17-14-,57-37-/t38-,44-/m1/s1. The number of methoxy groups -OCH3 is 1. The zero-order valence-corrected chi connectivity index (χ0v) is 44.3. The van der Waals surface area contributed by atoms with Crippen LogP contribution < -0.4 is 19.9 Å². The number of esters is 2. The predicted molar refractivity (Wildman–Crippen MR) is 276 cm³/mol. The summed E-state index contributed by atoms with van der Waals surface area (Å²) in [4.78, 5) is 79.6. The number of hydrogen-bond acceptors (Lipinski definition) is 16. The molecule has 7 rings (SSSR count). The second-order valence-corrected chi connectivity index (χ2v) is 21.9. The van der Waals surface area contributed by atoms with E-state index in [1.165, 1.54) is 35.9 Å². The van der Waals surface area contributed by atoms with E-state index < -0.39 is 75.3 Å². The molecule has 2 aliphatic rings. The number of thiazole rings is 1. The van der Waals surface area contributed by atoms with E-state index in [0.717, 1.165) is 22.5 Å². The topological polar surface area (TPSA) is 228 Å². The van der Waals surface area contributed by atoms with Crippen molar-refractivity contribution in [2.45, 2.75) is 96.8 Å². The molecule has 1 fully saturated rings. The molecule has 22 heteroatoms. The minimum Gasteiger partial charge on any atom is -0.503 e. The van der Waals surface area contributed by atoms with Crippen LogP contribution in [0.5, 0.6) is 17.2 Å². The number of phenolic OH excluding ortho intramolecular Hbond substituents is 2. The van der Waals surface area contributed by atoms with Gasteiger partial charge in [0.2, 0.25) is 5.60 Å². The summed E-state index contributed by atoms with van der Waals surface area (Å²) in [6, 6.07) is 15.1. The maximum Gasteiger partial charge on any atom is 0.413 e. The van der Waals surface area contributed by atoms with Crippen molar-refractivity contribution in [3.8, 4) is 17.2 Å². The third-order valence-electron chi connectivity index (χ3n) is 10.8. The molecule has 0 unspecified atom stereocenters. The number of fused-ring (bicyclic) bond motifs is 2. The van der Waals surface area contributed by atoms with Gasteiger partial charge in [-0.15, -0.1) is 23.1 Å². The molecule has 0 radical (unpaired) electrons. The molecule has 0 bridgehead atoms. The average Bonchev–Trinajstić information content (AvgIpc) is 3.79. The summed E-state index contributed by atoms with van der Waals surface area (Å²) in [6.45, 7) is 13.3. The Labute approximate surface area is 438 Å². The molecule has 5 aromatic rings. The molecule has 3 aromatic carbocycles. The molecule has 2 aliphatic heterocycles. The average molecular weight is 1080 g/mol. The second kappa shape index (κ2) is 21.7. The molecule has 384 valence electrons. The third-order valence-corrected chi connectivity index (χ3v) is 13.6. The molecule has 2 aromatic heterocycles. The van der Waals surface area contributed by atoms with Gasteiger partial charge in [0.25, 0.3) is 11.8 Å². The van der Waals surface area contributed by atoms with Gasteiger partial charge in [-0.05, 0) is 84.2 Å². The van der Waals surface area contributed by atoms with Crippen LogP contribution in [-0.4, -0.2) is 96.7 Å². The number of halogens is 2. The van der Waals surface area contributed by atoms with Gasteiger partial charge in [-0.2, -0.15) is 0 Å². The number of thioether (sulfide) groups is 1. The lowest BCUT2D eigenvalue weighted by Gasteiger charge is -2.49. The zero-order valence-electron chi connectivity index (χ0n) is 41.2. The van der Waals surface area contributed by atoms with E-state index in [0.29, 0.717) is 34.2 Å². The van der Waals surface area contributed by atoms with Gasteiger partial charge in [0.1, 0.15) is 51.4 Å². The Morgan fingerprint density at radius 1 is 0.890 bits per heavy atom. The fourth-order valence-electron chi connectivity index (χ4n) is 7.15. The van der Waals surface area contributed by atoms with E-state index in [2.05, 4.69) is 20.8 Å². The zero-order chi connectivity index (χ0) is 53.2. The van der Waals surface area contributed by atoms with Crippen LogP contribution in [0.25, 0.3) is 16.8 Å². The maximum atomic E-state index is 14.3. The number of hydrogen-bond donors (Lipinski definition) is 4. The van der Waals surface area contributed by atoms with Crippen LogP contribution in [0.3, 0.4) is 0 Å². The Bertz CT molecular complexity index is 3070. The minimum atomic E-state index is -1.69. The smallest absolute Gasteiger partial charge is 0.413 e. The monoisotopic (exact) mass is 1080 g/mol. The summed E-state index contributed by atoms with van der Waals surface area (Å²) >= 11 is 14.9. The second-order valence-electron chi connectivity index (χ2n) is 19.2. The van der Waals surface area contributed by atoms with Crippen LogP contribution in [0.1, 0.15) is 77.8 Å². The first kappa shape index (κ1) is 53.9. The van der Waals surface area contributed by atoms with E-state index in [9.17, 15) is 34.2 Å². The molecule has 0 aliphatic carbocycles. The number of ether oxygens (including phenoxy) is 4. The van der Waals surface area contributed by atoms with Crippen molar-refractivity contribution in [1.82, 2.24) is 15.2 Å². The SMILES string of the molecule is COc1ccc(COC(=O)C2=C(/C=C\c3ccc(C[n+]4ccc5c(Cl)c(O)c(O)c(Cl)c5c4)cc3)CS[C@@H]3[C@H](NC(=O)/C(=N\OC(C)(C)C(=O)OC(C)(C)C)c4csc(NC(=O)OC(C)(C)C)n4)C(=O)N23)cc1. The third kappa shape index (κ3) is 12.8. The molecule has 2 atom stereocenters. The van der Waals surface area contributed by atoms with Crippen molar-refractivity contribution in [1.29, 1.82) is 0 Å². The molecule has 4 N–H and O–H groups in total. The minimum absolute atomic E-state index is 0.000138. The van der Waals surface area contributed by atoms with E-state index in [-0.39, 0.29) is 38.9 Å². The Morgan fingerprint density at radius 3 is 2.18 bits per heavy atom. The lowest BCUT2D eigenvalue weighted by molar-refractivity contribution is -0.687. The molecule has 4 heterocycles. The molecular formula is C51H53Cl2N6O12S2+. The number of oxime groups is 1. The summed E-state index contributed by atoms with van der Waals surface area (Å²) in [5.74, 6) is -3.18. The highest BCUT2D eigenvalue weighted by Gasteiger charge is 2.54. The number of nitrogens with zero attached hydrogens (tertiary/aromatic N) is 4. The summed E-state index contributed by atoms with van der Waals surface area (Å²) in [7, 11) is 1.54. The molecule has 0 saturated carbocycles. The number of aromatic nitrogens is 2. The number of rotatable bonds is 15. The number of carbonyl (C=O) groups is 5. The van der Waals surface area contributed by atoms with Crippen molar-refractivity contribution in [3.05, 3.63) is 122 Å². The number of phenols is 2. The quantitative estimate of drug-likeness (QED) is 0.0146. The fourth-order valence-corrected chi connectivity index (χ4v) is 9.64. The van der Waals surface area contributed by atoms with Crippen LogP contribution in [0, 0.1) is 0 Å². The summed E-state index contributed by atoms with van der Waals surface area (Å²) in [6.07, 6.45) is 6.26. The molecular weight excluding hydrogens is 1020 g/mol. The van der Waals surface area contributed by atoms with Gasteiger partial charge >= 0.3 is 18.0 Å². The summed E-state index contributed by atoms with van der Waals surface area (Å²) in [5.41, 5.74) is -0.963. The molecule has 1 saturated heterocycles. The number of amides is 3. The van der Waals surface area contributed by atoms with Crippen LogP contribution in [0.4, 0.5) is 9.93 Å². The normalized spacial score (nSPS) is 16.2. The van der Waals surface area contributed by atoms with E-state index in [1.807, 2.05) is 34.9 Å². The lowest BCUT2D eigenvalue weighted by atomic mass is 10.0. The summed E-state index contributed by atoms with van der Waals surface area (Å²) < 4.78 is 23.8. The fraction of sp³-hybridized carbons (Fsp3) is 0.333. The van der Waals surface area contributed by atoms with Gasteiger partial charge in [0, 0.05) is 28.1 Å². The van der Waals surface area contributed by atoms with Gasteiger partial charge in [-0.25, -0.2) is 23.9 Å². The van der Waals surface area contributed by atoms with Crippen LogP contribution in [0.15, 0.2) is 94.9 Å². The number of pyridine rings is 1. The predicted octanol–water partition coefficient (Wildman–Crippen LogP) is 8.66. The van der Waals surface area contributed by atoms with Crippen molar-refractivity contribution < 1.29 is 62.5 Å². The van der Waals surface area contributed by atoms with Crippen molar-refractivity contribution in [2.75, 3.05) is 18.2 Å². The summed E-state index contributed by atoms with van der Waals surface area (Å²) in [5, 5.41) is 31.3. The van der Waals surface area contributed by atoms with E-state index in [1.54, 1.807) is 97.5 Å². The van der Waals surface area contributed by atoms with Crippen molar-refractivity contribution >= 4 is 104 Å². The number of carbonyl (C=O) groups excluding carboxylic acids is 5. The highest BCUT2D eigenvalue weighted by molar-refractivity contribution is 8.00. The lowest BCUT2D eigenvalue weighted by Crippen LogP contribution is -2.71. The van der Waals surface area contributed by atoms with Gasteiger partial charge in [0.15, 0.2) is 41.3 Å². The Kier molecular flexibility index (Phi) is 16.0. The number of benzene rings is 3. The van der Waals surface area contributed by atoms with Gasteiger partial charge in [0.05, 0.1) is 17.5 Å². The van der Waals surface area contributed by atoms with Crippen LogP contribution >= 0.6 is 46.3 Å². The molecule has 73 heavy (non-hydrogen) atoms. The molecule has 18 nitrogen and oxygen atoms in total. The first-order chi connectivity index (χ1) is 34.3. The van der Waals surface area contributed by atoms with Gasteiger partial charge in [-0.1, -0.05) is 76.9 Å². The first-order valence-electron chi connectivity index (χ1n) is 22.6. The Balaban J connectivity index is 1.13. The van der Waals surface area contributed by atoms with Crippen LogP contribution in [-0.2, 0) is 51.4 Å². The number of aromatic hydroxyl groups is 2. The maximum absolute atomic E-state index is 14.3. The van der Waals surface area contributed by atoms with Crippen LogP contribution in [0.2, 0.25) is 10.0 Å². The van der Waals surface area contributed by atoms with Crippen molar-refractivity contribution in [2.24, 2.45) is 5.16 Å². The van der Waals surface area contributed by atoms with E-state index in [4.69, 9.17) is 47.0 Å². The number of β-lactam (4-membered cyclic amide) rings is 1.